The number of nitrogens with zero attached hydrogens (tertiary/aromatic N) is 4. The molecule has 0 aliphatic rings. The number of rotatable bonds is 6. The van der Waals surface area contributed by atoms with Gasteiger partial charge < -0.3 is 10.4 Å². The van der Waals surface area contributed by atoms with Crippen molar-refractivity contribution in [3.8, 4) is 0 Å². The number of aromatic nitrogens is 4. The third-order valence-electron chi connectivity index (χ3n) is 2.04. The Morgan fingerprint density at radius 3 is 2.65 bits per heavy atom. The summed E-state index contributed by atoms with van der Waals surface area (Å²) in [5.74, 6) is -1.28. The van der Waals surface area contributed by atoms with E-state index in [-0.39, 0.29) is 12.5 Å². The largest absolute Gasteiger partial charge is 0.480 e. The quantitative estimate of drug-likeness (QED) is 0.680. The molecule has 0 saturated carbocycles. The monoisotopic (exact) mass is 241 g/mol. The van der Waals surface area contributed by atoms with E-state index < -0.39 is 17.9 Å². The maximum absolute atomic E-state index is 11.5. The number of hydrogen-bond acceptors (Lipinski definition) is 5. The van der Waals surface area contributed by atoms with Crippen molar-refractivity contribution in [2.75, 3.05) is 0 Å². The fourth-order valence-corrected chi connectivity index (χ4v) is 1.33. The summed E-state index contributed by atoms with van der Waals surface area (Å²) in [6.45, 7) is 3.70. The van der Waals surface area contributed by atoms with Crippen LogP contribution in [0.25, 0.3) is 0 Å². The second kappa shape index (κ2) is 5.92. The van der Waals surface area contributed by atoms with Crippen LogP contribution in [-0.2, 0) is 16.1 Å². The SMILES string of the molecule is CC(C)CC(NC(=O)Cn1cnnn1)C(=O)O. The number of tetrazole rings is 1. The highest BCUT2D eigenvalue weighted by atomic mass is 16.4. The molecule has 1 unspecified atom stereocenters. The van der Waals surface area contributed by atoms with Crippen LogP contribution in [0.2, 0.25) is 0 Å². The van der Waals surface area contributed by atoms with Crippen molar-refractivity contribution in [1.82, 2.24) is 25.5 Å². The Hall–Kier alpha value is -1.99. The molecule has 1 rings (SSSR count). The molecular weight excluding hydrogens is 226 g/mol. The topological polar surface area (TPSA) is 110 Å². The Kier molecular flexibility index (Phi) is 4.56. The van der Waals surface area contributed by atoms with Gasteiger partial charge in [0.15, 0.2) is 0 Å². The molecule has 94 valence electrons. The lowest BCUT2D eigenvalue weighted by molar-refractivity contribution is -0.142. The summed E-state index contributed by atoms with van der Waals surface area (Å²) in [5, 5.41) is 21.6. The molecule has 0 aromatic carbocycles. The van der Waals surface area contributed by atoms with Gasteiger partial charge in [0.2, 0.25) is 5.91 Å². The maximum Gasteiger partial charge on any atom is 0.326 e. The van der Waals surface area contributed by atoms with Crippen molar-refractivity contribution < 1.29 is 14.7 Å². The Labute approximate surface area is 98.0 Å². The first-order valence-electron chi connectivity index (χ1n) is 5.22. The van der Waals surface area contributed by atoms with Crippen LogP contribution in [0.3, 0.4) is 0 Å². The van der Waals surface area contributed by atoms with E-state index in [1.165, 1.54) is 11.0 Å². The molecule has 8 heteroatoms. The van der Waals surface area contributed by atoms with Crippen molar-refractivity contribution in [2.24, 2.45) is 5.92 Å². The van der Waals surface area contributed by atoms with E-state index in [9.17, 15) is 9.59 Å². The Balaban J connectivity index is 2.49. The van der Waals surface area contributed by atoms with Crippen LogP contribution in [0, 0.1) is 5.92 Å². The number of carboxylic acids is 1. The first-order chi connectivity index (χ1) is 7.99. The zero-order valence-electron chi connectivity index (χ0n) is 9.70. The molecule has 0 aliphatic carbocycles. The average Bonchev–Trinajstić information content (AvgIpc) is 2.68. The number of hydrogen-bond donors (Lipinski definition) is 2. The van der Waals surface area contributed by atoms with Crippen LogP contribution in [0.4, 0.5) is 0 Å². The maximum atomic E-state index is 11.5. The van der Waals surface area contributed by atoms with Gasteiger partial charge in [0.1, 0.15) is 18.9 Å². The molecule has 0 radical (unpaired) electrons. The molecule has 0 aliphatic heterocycles. The molecule has 1 aromatic rings. The number of carbonyl (C=O) groups excluding carboxylic acids is 1. The minimum atomic E-state index is -1.04. The van der Waals surface area contributed by atoms with Gasteiger partial charge >= 0.3 is 5.97 Å². The van der Waals surface area contributed by atoms with Gasteiger partial charge in [-0.1, -0.05) is 13.8 Å². The standard InChI is InChI=1S/C9H15N5O3/c1-6(2)3-7(9(16)17)11-8(15)4-14-5-10-12-13-14/h5-7H,3-4H2,1-2H3,(H,11,15)(H,16,17). The normalized spacial score (nSPS) is 12.4. The van der Waals surface area contributed by atoms with Crippen LogP contribution in [0.15, 0.2) is 6.33 Å². The third-order valence-corrected chi connectivity index (χ3v) is 2.04. The lowest BCUT2D eigenvalue weighted by atomic mass is 10.0. The first kappa shape index (κ1) is 13.1. The molecule has 2 N–H and O–H groups in total. The van der Waals surface area contributed by atoms with Crippen LogP contribution >= 0.6 is 0 Å². The van der Waals surface area contributed by atoms with Crippen LogP contribution < -0.4 is 5.32 Å². The second-order valence-corrected chi connectivity index (χ2v) is 4.10. The highest BCUT2D eigenvalue weighted by Crippen LogP contribution is 2.04. The minimum Gasteiger partial charge on any atom is -0.480 e. The summed E-state index contributed by atoms with van der Waals surface area (Å²) in [5.41, 5.74) is 0. The highest BCUT2D eigenvalue weighted by Gasteiger charge is 2.21. The van der Waals surface area contributed by atoms with Crippen LogP contribution in [0.1, 0.15) is 20.3 Å². The summed E-state index contributed by atoms with van der Waals surface area (Å²) >= 11 is 0. The zero-order chi connectivity index (χ0) is 12.8. The van der Waals surface area contributed by atoms with E-state index in [0.717, 1.165) is 0 Å². The molecule has 1 atom stereocenters. The second-order valence-electron chi connectivity index (χ2n) is 4.10. The van der Waals surface area contributed by atoms with Crippen molar-refractivity contribution in [3.63, 3.8) is 0 Å². The Morgan fingerprint density at radius 1 is 1.47 bits per heavy atom. The third kappa shape index (κ3) is 4.58. The lowest BCUT2D eigenvalue weighted by Crippen LogP contribution is -2.43. The molecule has 0 fully saturated rings. The molecular formula is C9H15N5O3. The molecule has 0 bridgehead atoms. The Bertz CT molecular complexity index is 376. The smallest absolute Gasteiger partial charge is 0.326 e. The van der Waals surface area contributed by atoms with Gasteiger partial charge in [0.05, 0.1) is 0 Å². The number of aliphatic carboxylic acids is 1. The summed E-state index contributed by atoms with van der Waals surface area (Å²) in [7, 11) is 0. The van der Waals surface area contributed by atoms with E-state index in [1.807, 2.05) is 13.8 Å². The van der Waals surface area contributed by atoms with Crippen molar-refractivity contribution in [2.45, 2.75) is 32.9 Å². The van der Waals surface area contributed by atoms with E-state index in [4.69, 9.17) is 5.11 Å². The van der Waals surface area contributed by atoms with E-state index in [1.54, 1.807) is 0 Å². The Morgan fingerprint density at radius 2 is 2.18 bits per heavy atom. The molecule has 1 amide bonds. The lowest BCUT2D eigenvalue weighted by Gasteiger charge is -2.16. The highest BCUT2D eigenvalue weighted by molar-refractivity contribution is 5.83. The summed E-state index contributed by atoms with van der Waals surface area (Å²) in [4.78, 5) is 22.4. The van der Waals surface area contributed by atoms with Crippen LogP contribution in [-0.4, -0.2) is 43.2 Å². The predicted octanol–water partition coefficient (Wildman–Crippen LogP) is -0.711. The van der Waals surface area contributed by atoms with Gasteiger partial charge in [-0.05, 0) is 22.8 Å². The molecule has 0 saturated heterocycles. The van der Waals surface area contributed by atoms with Crippen molar-refractivity contribution in [3.05, 3.63) is 6.33 Å². The van der Waals surface area contributed by atoms with Crippen molar-refractivity contribution >= 4 is 11.9 Å². The van der Waals surface area contributed by atoms with E-state index >= 15 is 0 Å². The number of carboxylic acid groups (broad SMARTS) is 1. The molecule has 1 aromatic heterocycles. The van der Waals surface area contributed by atoms with Gasteiger partial charge in [-0.15, -0.1) is 5.10 Å². The zero-order valence-corrected chi connectivity index (χ0v) is 9.70. The first-order valence-corrected chi connectivity index (χ1v) is 5.22. The number of nitrogens with one attached hydrogen (secondary N) is 1. The molecule has 8 nitrogen and oxygen atoms in total. The van der Waals surface area contributed by atoms with Crippen LogP contribution in [0.5, 0.6) is 0 Å². The summed E-state index contributed by atoms with van der Waals surface area (Å²) < 4.78 is 1.23. The van der Waals surface area contributed by atoms with Gasteiger partial charge in [-0.25, -0.2) is 9.48 Å². The average molecular weight is 241 g/mol. The van der Waals surface area contributed by atoms with Gasteiger partial charge in [0.25, 0.3) is 0 Å². The van der Waals surface area contributed by atoms with E-state index in [0.29, 0.717) is 6.42 Å². The summed E-state index contributed by atoms with van der Waals surface area (Å²) in [6.07, 6.45) is 1.68. The van der Waals surface area contributed by atoms with Crippen molar-refractivity contribution in [1.29, 1.82) is 0 Å². The fourth-order valence-electron chi connectivity index (χ4n) is 1.33. The predicted molar refractivity (Wildman–Crippen MR) is 56.8 cm³/mol. The minimum absolute atomic E-state index is 0.0884. The van der Waals surface area contributed by atoms with Gasteiger partial charge in [0, 0.05) is 0 Å². The molecule has 0 spiro atoms. The van der Waals surface area contributed by atoms with Gasteiger partial charge in [-0.2, -0.15) is 0 Å². The fraction of sp³-hybridized carbons (Fsp3) is 0.667. The number of carbonyl (C=O) groups is 2. The van der Waals surface area contributed by atoms with E-state index in [2.05, 4.69) is 20.8 Å². The molecule has 17 heavy (non-hydrogen) atoms. The van der Waals surface area contributed by atoms with Gasteiger partial charge in [-0.3, -0.25) is 4.79 Å². The summed E-state index contributed by atoms with van der Waals surface area (Å²) in [6, 6.07) is -0.876. The molecule has 1 heterocycles. The number of amides is 1.